The van der Waals surface area contributed by atoms with E-state index in [0.29, 0.717) is 11.0 Å². The van der Waals surface area contributed by atoms with Crippen LogP contribution in [0.5, 0.6) is 0 Å². The Morgan fingerprint density at radius 2 is 2.22 bits per heavy atom. The van der Waals surface area contributed by atoms with Gasteiger partial charge in [-0.1, -0.05) is 13.8 Å². The predicted octanol–water partition coefficient (Wildman–Crippen LogP) is 2.11. The summed E-state index contributed by atoms with van der Waals surface area (Å²) >= 11 is 1.84. The van der Waals surface area contributed by atoms with Crippen molar-refractivity contribution < 1.29 is 4.79 Å². The quantitative estimate of drug-likeness (QED) is 0.604. The molecule has 0 fully saturated rings. The highest BCUT2D eigenvalue weighted by Crippen LogP contribution is 2.12. The minimum Gasteiger partial charge on any atom is -0.300 e. The summed E-state index contributed by atoms with van der Waals surface area (Å²) in [6.45, 7) is 5.85. The normalized spacial score (nSPS) is 13.2. The van der Waals surface area contributed by atoms with Crippen LogP contribution in [0.25, 0.3) is 0 Å². The van der Waals surface area contributed by atoms with Gasteiger partial charge in [0.1, 0.15) is 5.78 Å². The molecule has 0 spiro atoms. The molecular weight excluding hydrogens is 132 g/mol. The lowest BCUT2D eigenvalue weighted by Crippen LogP contribution is -2.02. The zero-order valence-electron chi connectivity index (χ0n) is 6.31. The number of carbonyl (C=O) groups excluding carboxylic acids is 1. The van der Waals surface area contributed by atoms with Crippen molar-refractivity contribution in [3.05, 3.63) is 0 Å². The average molecular weight is 146 g/mol. The third-order valence-electron chi connectivity index (χ3n) is 1.03. The van der Waals surface area contributed by atoms with Crippen molar-refractivity contribution in [1.82, 2.24) is 0 Å². The molecular formula is C7H14OS. The Bertz CT molecular complexity index is 90.9. The summed E-state index contributed by atoms with van der Waals surface area (Å²) in [6, 6.07) is 0. The Morgan fingerprint density at radius 1 is 1.67 bits per heavy atom. The number of hydrogen-bond acceptors (Lipinski definition) is 2. The number of thioether (sulfide) groups is 1. The maximum Gasteiger partial charge on any atom is 0.130 e. The number of Topliss-reactive ketones (excluding diaryl/α,β-unsaturated/α-hetero) is 1. The van der Waals surface area contributed by atoms with E-state index in [1.54, 1.807) is 6.92 Å². The van der Waals surface area contributed by atoms with E-state index >= 15 is 0 Å². The highest BCUT2D eigenvalue weighted by atomic mass is 32.2. The standard InChI is InChI=1S/C7H14OS/c1-4-9-7(3)5-6(2)8/h7H,4-5H2,1-3H3. The van der Waals surface area contributed by atoms with Gasteiger partial charge in [-0.25, -0.2) is 0 Å². The van der Waals surface area contributed by atoms with Crippen LogP contribution in [-0.2, 0) is 4.79 Å². The van der Waals surface area contributed by atoms with E-state index in [1.807, 2.05) is 11.8 Å². The maximum absolute atomic E-state index is 10.5. The lowest BCUT2D eigenvalue weighted by molar-refractivity contribution is -0.116. The molecule has 0 saturated heterocycles. The number of carbonyl (C=O) groups is 1. The molecule has 0 aliphatic rings. The zero-order chi connectivity index (χ0) is 7.28. The molecule has 0 aromatic carbocycles. The first kappa shape index (κ1) is 9.02. The molecule has 1 atom stereocenters. The molecule has 0 aliphatic heterocycles. The van der Waals surface area contributed by atoms with Crippen LogP contribution in [0.3, 0.4) is 0 Å². The fourth-order valence-corrected chi connectivity index (χ4v) is 1.67. The molecule has 0 aliphatic carbocycles. The molecule has 2 heteroatoms. The van der Waals surface area contributed by atoms with Gasteiger partial charge in [0.05, 0.1) is 0 Å². The molecule has 0 radical (unpaired) electrons. The summed E-state index contributed by atoms with van der Waals surface area (Å²) in [5, 5.41) is 0.507. The van der Waals surface area contributed by atoms with E-state index in [4.69, 9.17) is 0 Å². The van der Waals surface area contributed by atoms with Gasteiger partial charge in [0.2, 0.25) is 0 Å². The summed E-state index contributed by atoms with van der Waals surface area (Å²) in [7, 11) is 0. The van der Waals surface area contributed by atoms with Gasteiger partial charge in [0, 0.05) is 11.7 Å². The molecule has 1 nitrogen and oxygen atoms in total. The maximum atomic E-state index is 10.5. The number of ketones is 1. The van der Waals surface area contributed by atoms with E-state index in [0.717, 1.165) is 12.2 Å². The van der Waals surface area contributed by atoms with Crippen LogP contribution in [0, 0.1) is 0 Å². The van der Waals surface area contributed by atoms with Gasteiger partial charge >= 0.3 is 0 Å². The second-order valence-corrected chi connectivity index (χ2v) is 3.89. The predicted molar refractivity (Wildman–Crippen MR) is 42.9 cm³/mol. The Hall–Kier alpha value is 0.0200. The van der Waals surface area contributed by atoms with Crippen molar-refractivity contribution in [3.63, 3.8) is 0 Å². The monoisotopic (exact) mass is 146 g/mol. The second-order valence-electron chi connectivity index (χ2n) is 2.17. The highest BCUT2D eigenvalue weighted by Gasteiger charge is 2.02. The van der Waals surface area contributed by atoms with Gasteiger partial charge in [-0.2, -0.15) is 11.8 Å². The minimum atomic E-state index is 0.295. The van der Waals surface area contributed by atoms with E-state index in [9.17, 15) is 4.79 Å². The lowest BCUT2D eigenvalue weighted by atomic mass is 10.2. The number of rotatable bonds is 4. The van der Waals surface area contributed by atoms with Crippen molar-refractivity contribution in [1.29, 1.82) is 0 Å². The van der Waals surface area contributed by atoms with Gasteiger partial charge in [0.15, 0.2) is 0 Å². The van der Waals surface area contributed by atoms with Crippen LogP contribution in [0.1, 0.15) is 27.2 Å². The van der Waals surface area contributed by atoms with Gasteiger partial charge in [0.25, 0.3) is 0 Å². The lowest BCUT2D eigenvalue weighted by Gasteiger charge is -2.04. The zero-order valence-corrected chi connectivity index (χ0v) is 7.12. The van der Waals surface area contributed by atoms with Crippen molar-refractivity contribution in [2.45, 2.75) is 32.4 Å². The van der Waals surface area contributed by atoms with E-state index < -0.39 is 0 Å². The third-order valence-corrected chi connectivity index (χ3v) is 2.10. The topological polar surface area (TPSA) is 17.1 Å². The number of hydrogen-bond donors (Lipinski definition) is 0. The van der Waals surface area contributed by atoms with Crippen LogP contribution in [0.4, 0.5) is 0 Å². The summed E-state index contributed by atoms with van der Waals surface area (Å²) < 4.78 is 0. The fourth-order valence-electron chi connectivity index (χ4n) is 0.748. The molecule has 0 amide bonds. The molecule has 0 heterocycles. The van der Waals surface area contributed by atoms with Crippen LogP contribution in [-0.4, -0.2) is 16.8 Å². The highest BCUT2D eigenvalue weighted by molar-refractivity contribution is 7.99. The van der Waals surface area contributed by atoms with Gasteiger partial charge in [-0.3, -0.25) is 4.79 Å². The summed E-state index contributed by atoms with van der Waals surface area (Å²) in [5.74, 6) is 1.40. The average Bonchev–Trinajstić information content (AvgIpc) is 1.63. The summed E-state index contributed by atoms with van der Waals surface area (Å²) in [4.78, 5) is 10.5. The third kappa shape index (κ3) is 5.90. The van der Waals surface area contributed by atoms with Crippen molar-refractivity contribution in [2.75, 3.05) is 5.75 Å². The fraction of sp³-hybridized carbons (Fsp3) is 0.857. The SMILES string of the molecule is CCSC(C)CC(C)=O. The first-order valence-corrected chi connectivity index (χ1v) is 4.32. The molecule has 0 saturated carbocycles. The molecule has 0 rings (SSSR count). The Morgan fingerprint density at radius 3 is 2.56 bits per heavy atom. The van der Waals surface area contributed by atoms with Crippen LogP contribution in [0.2, 0.25) is 0 Å². The van der Waals surface area contributed by atoms with E-state index in [1.165, 1.54) is 0 Å². The van der Waals surface area contributed by atoms with Gasteiger partial charge in [-0.05, 0) is 12.7 Å². The van der Waals surface area contributed by atoms with Gasteiger partial charge in [-0.15, -0.1) is 0 Å². The van der Waals surface area contributed by atoms with Crippen molar-refractivity contribution in [3.8, 4) is 0 Å². The molecule has 1 unspecified atom stereocenters. The largest absolute Gasteiger partial charge is 0.300 e. The molecule has 54 valence electrons. The molecule has 0 N–H and O–H groups in total. The first-order valence-electron chi connectivity index (χ1n) is 3.27. The van der Waals surface area contributed by atoms with E-state index in [2.05, 4.69) is 13.8 Å². The Balaban J connectivity index is 3.26. The molecule has 0 bridgehead atoms. The Kier molecular flexibility index (Phi) is 4.87. The summed E-state index contributed by atoms with van der Waals surface area (Å²) in [5.41, 5.74) is 0. The van der Waals surface area contributed by atoms with Crippen LogP contribution < -0.4 is 0 Å². The minimum absolute atomic E-state index is 0.295. The Labute approximate surface area is 61.2 Å². The van der Waals surface area contributed by atoms with Crippen molar-refractivity contribution >= 4 is 17.5 Å². The van der Waals surface area contributed by atoms with E-state index in [-0.39, 0.29) is 0 Å². The second kappa shape index (κ2) is 4.86. The molecule has 0 aromatic heterocycles. The molecule has 0 aromatic rings. The first-order chi connectivity index (χ1) is 4.16. The van der Waals surface area contributed by atoms with Crippen LogP contribution >= 0.6 is 11.8 Å². The smallest absolute Gasteiger partial charge is 0.130 e. The summed E-state index contributed by atoms with van der Waals surface area (Å²) in [6.07, 6.45) is 0.721. The molecule has 9 heavy (non-hydrogen) atoms. The van der Waals surface area contributed by atoms with Gasteiger partial charge < -0.3 is 0 Å². The van der Waals surface area contributed by atoms with Crippen molar-refractivity contribution in [2.24, 2.45) is 0 Å². The van der Waals surface area contributed by atoms with Crippen LogP contribution in [0.15, 0.2) is 0 Å².